The maximum Gasteiger partial charge on any atom is 0.0746 e. The molecule has 0 bridgehead atoms. The Bertz CT molecular complexity index is 4600. The number of benzene rings is 14. The SMILES string of the molecule is c1ccc(N(c2ccccc2)c2ccc3c(c2)C2(c4ccccc4-3)c3ccccc3-c3ccc(N(c4ccccc4)c4ccccc4)cc32)cc1.c1ccc(N(c2ccccc2)c2cccc3c2C2(c4ccccc4-c4ccccc42)c2ccccc2-3)cc1. The summed E-state index contributed by atoms with van der Waals surface area (Å²) in [7, 11) is 0. The van der Waals surface area contributed by atoms with E-state index in [0.717, 1.165) is 45.5 Å². The lowest BCUT2D eigenvalue weighted by atomic mass is 9.70. The van der Waals surface area contributed by atoms with Gasteiger partial charge in [0.25, 0.3) is 0 Å². The molecule has 0 aliphatic heterocycles. The molecule has 4 aliphatic carbocycles. The summed E-state index contributed by atoms with van der Waals surface area (Å²) >= 11 is 0. The minimum Gasteiger partial charge on any atom is -0.310 e. The molecule has 0 fully saturated rings. The van der Waals surface area contributed by atoms with Crippen LogP contribution in [0.15, 0.2) is 358 Å². The fourth-order valence-corrected chi connectivity index (χ4v) is 15.5. The average molecular weight is 1130 g/mol. The molecule has 2 spiro atoms. The van der Waals surface area contributed by atoms with Gasteiger partial charge in [-0.25, -0.2) is 0 Å². The normalized spacial score (nSPS) is 13.1. The van der Waals surface area contributed by atoms with Gasteiger partial charge in [0.05, 0.1) is 16.5 Å². The van der Waals surface area contributed by atoms with Crippen LogP contribution in [0.2, 0.25) is 0 Å². The van der Waals surface area contributed by atoms with Crippen molar-refractivity contribution in [2.24, 2.45) is 0 Å². The van der Waals surface area contributed by atoms with Crippen LogP contribution in [-0.4, -0.2) is 0 Å². The highest BCUT2D eigenvalue weighted by Crippen LogP contribution is 2.67. The second kappa shape index (κ2) is 21.2. The first-order valence-corrected chi connectivity index (χ1v) is 30.8. The van der Waals surface area contributed by atoms with Crippen molar-refractivity contribution < 1.29 is 0 Å². The summed E-state index contributed by atoms with van der Waals surface area (Å²) in [5.41, 5.74) is 30.6. The molecule has 418 valence electrons. The number of nitrogens with zero attached hydrogens (tertiary/aromatic N) is 3. The third-order valence-electron chi connectivity index (χ3n) is 18.9. The maximum atomic E-state index is 2.46. The Morgan fingerprint density at radius 1 is 0.157 bits per heavy atom. The van der Waals surface area contributed by atoms with Gasteiger partial charge >= 0.3 is 0 Å². The van der Waals surface area contributed by atoms with E-state index >= 15 is 0 Å². The summed E-state index contributed by atoms with van der Waals surface area (Å²) < 4.78 is 0. The van der Waals surface area contributed by atoms with Gasteiger partial charge in [-0.3, -0.25) is 0 Å². The van der Waals surface area contributed by atoms with Gasteiger partial charge in [-0.15, -0.1) is 0 Å². The predicted octanol–water partition coefficient (Wildman–Crippen LogP) is 22.5. The van der Waals surface area contributed by atoms with Crippen molar-refractivity contribution in [1.29, 1.82) is 0 Å². The summed E-state index contributed by atoms with van der Waals surface area (Å²) in [6, 6.07) is 130. The molecule has 3 nitrogen and oxygen atoms in total. The molecule has 14 aromatic rings. The van der Waals surface area contributed by atoms with E-state index < -0.39 is 10.8 Å². The van der Waals surface area contributed by atoms with Crippen molar-refractivity contribution >= 4 is 51.2 Å². The fraction of sp³-hybridized carbons (Fsp3) is 0.0233. The molecule has 18 rings (SSSR count). The van der Waals surface area contributed by atoms with Crippen molar-refractivity contribution in [2.45, 2.75) is 10.8 Å². The van der Waals surface area contributed by atoms with Crippen LogP contribution in [0, 0.1) is 0 Å². The largest absolute Gasteiger partial charge is 0.310 e. The first kappa shape index (κ1) is 51.9. The highest BCUT2D eigenvalue weighted by molar-refractivity contribution is 6.01. The Kier molecular flexibility index (Phi) is 12.3. The number of para-hydroxylation sites is 6. The number of hydrogen-bond donors (Lipinski definition) is 0. The van der Waals surface area contributed by atoms with Gasteiger partial charge in [-0.05, 0) is 187 Å². The van der Waals surface area contributed by atoms with Gasteiger partial charge in [0, 0.05) is 51.1 Å². The van der Waals surface area contributed by atoms with E-state index in [4.69, 9.17) is 0 Å². The van der Waals surface area contributed by atoms with Crippen LogP contribution in [-0.2, 0) is 10.8 Å². The Morgan fingerprint density at radius 2 is 0.404 bits per heavy atom. The minimum atomic E-state index is -0.498. The van der Waals surface area contributed by atoms with E-state index in [-0.39, 0.29) is 0 Å². The van der Waals surface area contributed by atoms with Gasteiger partial charge in [0.1, 0.15) is 0 Å². The zero-order valence-corrected chi connectivity index (χ0v) is 48.9. The standard InChI is InChI=1S/C49H34N2.C37H25N/c1-5-17-35(18-6-1)50(36-19-7-2-8-20-36)39-29-31-43-41-25-13-15-27-45(41)49(47(43)33-39)46-28-16-14-26-42(46)44-32-30-40(34-48(44)49)51(37-21-9-3-10-22-37)38-23-11-4-12-24-38;1-3-14-26(15-4-1)38(27-16-5-2-6-17-27)35-25-13-21-31-30-20-9-12-24-34(30)37(36(31)35)32-22-10-7-18-28(32)29-19-8-11-23-33(29)37/h1-34H;1-25H. The van der Waals surface area contributed by atoms with Gasteiger partial charge in [0.15, 0.2) is 0 Å². The van der Waals surface area contributed by atoms with E-state index in [0.29, 0.717) is 0 Å². The number of fused-ring (bicyclic) bond motifs is 20. The quantitative estimate of drug-likeness (QED) is 0.143. The first-order valence-electron chi connectivity index (χ1n) is 30.8. The lowest BCUT2D eigenvalue weighted by Gasteiger charge is -2.35. The molecule has 89 heavy (non-hydrogen) atoms. The van der Waals surface area contributed by atoms with E-state index in [2.05, 4.69) is 373 Å². The van der Waals surface area contributed by atoms with Crippen molar-refractivity contribution in [3.63, 3.8) is 0 Å². The van der Waals surface area contributed by atoms with Crippen LogP contribution < -0.4 is 14.7 Å². The van der Waals surface area contributed by atoms with Crippen molar-refractivity contribution in [1.82, 2.24) is 0 Å². The molecule has 0 saturated heterocycles. The number of rotatable bonds is 9. The Balaban J connectivity index is 0.000000144. The Hall–Kier alpha value is -11.5. The van der Waals surface area contributed by atoms with E-state index in [1.807, 2.05) is 0 Å². The molecule has 0 N–H and O–H groups in total. The summed E-state index contributed by atoms with van der Waals surface area (Å²) in [6.07, 6.45) is 0. The molecule has 0 radical (unpaired) electrons. The molecule has 3 heteroatoms. The van der Waals surface area contributed by atoms with Gasteiger partial charge in [0.2, 0.25) is 0 Å². The molecule has 0 amide bonds. The molecule has 0 heterocycles. The molecular weight excluding hydrogens is 1070 g/mol. The lowest BCUT2D eigenvalue weighted by Crippen LogP contribution is -2.28. The molecular formula is C86H59N3. The van der Waals surface area contributed by atoms with Gasteiger partial charge in [-0.2, -0.15) is 0 Å². The first-order chi connectivity index (χ1) is 44.2. The summed E-state index contributed by atoms with van der Waals surface area (Å²) in [4.78, 5) is 7.18. The van der Waals surface area contributed by atoms with Crippen LogP contribution in [0.25, 0.3) is 44.5 Å². The van der Waals surface area contributed by atoms with Crippen LogP contribution in [0.1, 0.15) is 44.5 Å². The third-order valence-corrected chi connectivity index (χ3v) is 18.9. The topological polar surface area (TPSA) is 9.72 Å². The average Bonchev–Trinajstić information content (AvgIpc) is 1.52. The molecule has 4 aliphatic rings. The maximum absolute atomic E-state index is 2.46. The lowest BCUT2D eigenvalue weighted by molar-refractivity contribution is 0.793. The monoisotopic (exact) mass is 1130 g/mol. The van der Waals surface area contributed by atoms with Crippen LogP contribution in [0.4, 0.5) is 51.2 Å². The summed E-state index contributed by atoms with van der Waals surface area (Å²) in [6.45, 7) is 0. The van der Waals surface area contributed by atoms with E-state index in [1.54, 1.807) is 0 Å². The fourth-order valence-electron chi connectivity index (χ4n) is 15.5. The van der Waals surface area contributed by atoms with Crippen LogP contribution >= 0.6 is 0 Å². The van der Waals surface area contributed by atoms with Gasteiger partial charge < -0.3 is 14.7 Å². The smallest absolute Gasteiger partial charge is 0.0746 e. The highest BCUT2D eigenvalue weighted by Gasteiger charge is 2.54. The Morgan fingerprint density at radius 3 is 0.730 bits per heavy atom. The zero-order chi connectivity index (χ0) is 58.9. The Labute approximate surface area is 520 Å². The third kappa shape index (κ3) is 7.92. The second-order valence-electron chi connectivity index (χ2n) is 23.4. The minimum absolute atomic E-state index is 0.391. The second-order valence-corrected chi connectivity index (χ2v) is 23.4. The predicted molar refractivity (Wildman–Crippen MR) is 370 cm³/mol. The van der Waals surface area contributed by atoms with Crippen LogP contribution in [0.3, 0.4) is 0 Å². The molecule has 14 aromatic carbocycles. The van der Waals surface area contributed by atoms with Crippen molar-refractivity contribution in [3.8, 4) is 44.5 Å². The number of hydrogen-bond acceptors (Lipinski definition) is 3. The van der Waals surface area contributed by atoms with Crippen LogP contribution in [0.5, 0.6) is 0 Å². The van der Waals surface area contributed by atoms with Crippen molar-refractivity contribution in [3.05, 3.63) is 402 Å². The highest BCUT2D eigenvalue weighted by atomic mass is 15.2. The zero-order valence-electron chi connectivity index (χ0n) is 48.9. The summed E-state index contributed by atoms with van der Waals surface area (Å²) in [5.74, 6) is 0. The molecule has 0 aromatic heterocycles. The number of anilines is 9. The van der Waals surface area contributed by atoms with Crippen molar-refractivity contribution in [2.75, 3.05) is 14.7 Å². The van der Waals surface area contributed by atoms with E-state index in [9.17, 15) is 0 Å². The molecule has 0 unspecified atom stereocenters. The summed E-state index contributed by atoms with van der Waals surface area (Å²) in [5, 5.41) is 0. The van der Waals surface area contributed by atoms with Gasteiger partial charge in [-0.1, -0.05) is 255 Å². The van der Waals surface area contributed by atoms with E-state index in [1.165, 1.54) is 94.7 Å². The molecule has 0 saturated carbocycles. The molecule has 0 atom stereocenters.